The molecule has 1 rings (SSSR count). The first kappa shape index (κ1) is 12.5. The van der Waals surface area contributed by atoms with Crippen LogP contribution in [0.3, 0.4) is 0 Å². The number of rotatable bonds is 3. The Hall–Kier alpha value is -0.570. The minimum atomic E-state index is -0.826. The van der Waals surface area contributed by atoms with Crippen molar-refractivity contribution in [3.05, 3.63) is 34.4 Å². The number of aliphatic hydroxyl groups is 2. The predicted octanol–water partition coefficient (Wildman–Crippen LogP) is 2.46. The van der Waals surface area contributed by atoms with E-state index in [1.165, 1.54) is 0 Å². The summed E-state index contributed by atoms with van der Waals surface area (Å²) in [6.07, 6.45) is -1.59. The molecule has 0 fully saturated rings. The van der Waals surface area contributed by atoms with Gasteiger partial charge in [0.1, 0.15) is 6.10 Å². The van der Waals surface area contributed by atoms with Crippen LogP contribution in [0.1, 0.15) is 35.3 Å². The summed E-state index contributed by atoms with van der Waals surface area (Å²) in [7, 11) is 0. The molecular weight excluding hydrogens is 212 g/mol. The van der Waals surface area contributed by atoms with Crippen LogP contribution in [0.5, 0.6) is 0 Å². The van der Waals surface area contributed by atoms with E-state index in [1.807, 2.05) is 26.0 Å². The molecule has 3 heteroatoms. The average molecular weight is 229 g/mol. The van der Waals surface area contributed by atoms with Gasteiger partial charge in [-0.25, -0.2) is 0 Å². The highest BCUT2D eigenvalue weighted by atomic mass is 35.5. The highest BCUT2D eigenvalue weighted by Gasteiger charge is 2.17. The highest BCUT2D eigenvalue weighted by Crippen LogP contribution is 2.26. The smallest absolute Gasteiger partial charge is 0.105 e. The Bertz CT molecular complexity index is 348. The van der Waals surface area contributed by atoms with Crippen molar-refractivity contribution in [2.24, 2.45) is 0 Å². The summed E-state index contributed by atoms with van der Waals surface area (Å²) in [5.41, 5.74) is 3.93. The summed E-state index contributed by atoms with van der Waals surface area (Å²) in [5, 5.41) is 19.1. The van der Waals surface area contributed by atoms with Gasteiger partial charge in [0.05, 0.1) is 6.10 Å². The molecule has 0 heterocycles. The molecular formula is C12H17ClO2. The normalized spacial score (nSPS) is 15.1. The number of hydrogen-bond donors (Lipinski definition) is 2. The Morgan fingerprint density at radius 2 is 1.80 bits per heavy atom. The second kappa shape index (κ2) is 4.97. The first-order valence-corrected chi connectivity index (χ1v) is 5.53. The summed E-state index contributed by atoms with van der Waals surface area (Å²) in [5.74, 6) is 0.470. The van der Waals surface area contributed by atoms with E-state index in [1.54, 1.807) is 6.92 Å². The molecule has 0 saturated heterocycles. The molecule has 0 saturated carbocycles. The van der Waals surface area contributed by atoms with Gasteiger partial charge in [-0.3, -0.25) is 0 Å². The molecule has 0 amide bonds. The fourth-order valence-electron chi connectivity index (χ4n) is 1.62. The topological polar surface area (TPSA) is 40.5 Å². The van der Waals surface area contributed by atoms with Crippen LogP contribution in [-0.2, 0) is 5.88 Å². The zero-order valence-electron chi connectivity index (χ0n) is 9.29. The van der Waals surface area contributed by atoms with Gasteiger partial charge < -0.3 is 10.2 Å². The lowest BCUT2D eigenvalue weighted by Crippen LogP contribution is -2.15. The lowest BCUT2D eigenvalue weighted by atomic mass is 9.94. The quantitative estimate of drug-likeness (QED) is 0.781. The molecule has 0 aliphatic rings. The molecule has 2 atom stereocenters. The number of alkyl halides is 1. The van der Waals surface area contributed by atoms with Crippen LogP contribution >= 0.6 is 11.6 Å². The Morgan fingerprint density at radius 3 is 2.27 bits per heavy atom. The third-order valence-electron chi connectivity index (χ3n) is 2.86. The van der Waals surface area contributed by atoms with Gasteiger partial charge in [0.15, 0.2) is 0 Å². The second-order valence-electron chi connectivity index (χ2n) is 3.88. The van der Waals surface area contributed by atoms with E-state index in [2.05, 4.69) is 0 Å². The van der Waals surface area contributed by atoms with Crippen molar-refractivity contribution < 1.29 is 10.2 Å². The van der Waals surface area contributed by atoms with Crippen molar-refractivity contribution in [2.75, 3.05) is 0 Å². The summed E-state index contributed by atoms with van der Waals surface area (Å²) < 4.78 is 0. The van der Waals surface area contributed by atoms with Crippen LogP contribution in [0.25, 0.3) is 0 Å². The number of benzene rings is 1. The highest BCUT2D eigenvalue weighted by molar-refractivity contribution is 6.17. The molecule has 15 heavy (non-hydrogen) atoms. The van der Waals surface area contributed by atoms with Gasteiger partial charge >= 0.3 is 0 Å². The van der Waals surface area contributed by atoms with Gasteiger partial charge in [-0.1, -0.05) is 12.1 Å². The molecule has 0 bridgehead atoms. The SMILES string of the molecule is Cc1c(CCl)ccc(C(O)C(C)O)c1C. The van der Waals surface area contributed by atoms with Crippen molar-refractivity contribution in [2.45, 2.75) is 38.9 Å². The summed E-state index contributed by atoms with van der Waals surface area (Å²) in [4.78, 5) is 0. The summed E-state index contributed by atoms with van der Waals surface area (Å²) >= 11 is 5.79. The Balaban J connectivity index is 3.17. The molecule has 0 aromatic heterocycles. The van der Waals surface area contributed by atoms with Crippen LogP contribution in [0.4, 0.5) is 0 Å². The minimum Gasteiger partial charge on any atom is -0.390 e. The molecule has 2 nitrogen and oxygen atoms in total. The van der Waals surface area contributed by atoms with Crippen LogP contribution in [0, 0.1) is 13.8 Å². The van der Waals surface area contributed by atoms with Gasteiger partial charge in [-0.2, -0.15) is 0 Å². The van der Waals surface area contributed by atoms with Crippen molar-refractivity contribution in [1.29, 1.82) is 0 Å². The first-order chi connectivity index (χ1) is 6.99. The van der Waals surface area contributed by atoms with Gasteiger partial charge in [0, 0.05) is 5.88 Å². The standard InChI is InChI=1S/C12H17ClO2/c1-7-8(2)11(12(15)9(3)14)5-4-10(7)6-13/h4-5,9,12,14-15H,6H2,1-3H3. The van der Waals surface area contributed by atoms with E-state index >= 15 is 0 Å². The first-order valence-electron chi connectivity index (χ1n) is 5.00. The van der Waals surface area contributed by atoms with Crippen molar-refractivity contribution in [3.8, 4) is 0 Å². The molecule has 0 aliphatic heterocycles. The molecule has 1 aromatic carbocycles. The maximum atomic E-state index is 9.78. The maximum absolute atomic E-state index is 9.78. The van der Waals surface area contributed by atoms with Gasteiger partial charge in [0.25, 0.3) is 0 Å². The molecule has 84 valence electrons. The second-order valence-corrected chi connectivity index (χ2v) is 4.15. The molecule has 1 aromatic rings. The van der Waals surface area contributed by atoms with Crippen molar-refractivity contribution >= 4 is 11.6 Å². The molecule has 0 aliphatic carbocycles. The Labute approximate surface area is 95.5 Å². The molecule has 0 spiro atoms. The van der Waals surface area contributed by atoms with Crippen molar-refractivity contribution in [3.63, 3.8) is 0 Å². The number of aliphatic hydroxyl groups excluding tert-OH is 2. The van der Waals surface area contributed by atoms with E-state index in [4.69, 9.17) is 11.6 Å². The number of hydrogen-bond acceptors (Lipinski definition) is 2. The fourth-order valence-corrected chi connectivity index (χ4v) is 1.91. The van der Waals surface area contributed by atoms with Crippen LogP contribution < -0.4 is 0 Å². The summed E-state index contributed by atoms with van der Waals surface area (Å²) in [6, 6.07) is 3.73. The van der Waals surface area contributed by atoms with Gasteiger partial charge in [-0.15, -0.1) is 11.6 Å². The third kappa shape index (κ3) is 2.51. The van der Waals surface area contributed by atoms with Gasteiger partial charge in [0.2, 0.25) is 0 Å². The van der Waals surface area contributed by atoms with E-state index in [9.17, 15) is 10.2 Å². The van der Waals surface area contributed by atoms with Crippen LogP contribution in [-0.4, -0.2) is 16.3 Å². The van der Waals surface area contributed by atoms with Gasteiger partial charge in [-0.05, 0) is 43.0 Å². The fraction of sp³-hybridized carbons (Fsp3) is 0.500. The molecule has 2 unspecified atom stereocenters. The van der Waals surface area contributed by atoms with E-state index in [0.29, 0.717) is 5.88 Å². The maximum Gasteiger partial charge on any atom is 0.105 e. The average Bonchev–Trinajstić information content (AvgIpc) is 2.21. The largest absolute Gasteiger partial charge is 0.390 e. The Kier molecular flexibility index (Phi) is 4.14. The zero-order valence-corrected chi connectivity index (χ0v) is 10.0. The predicted molar refractivity (Wildman–Crippen MR) is 62.1 cm³/mol. The number of halogens is 1. The molecule has 2 N–H and O–H groups in total. The van der Waals surface area contributed by atoms with E-state index in [0.717, 1.165) is 22.3 Å². The Morgan fingerprint density at radius 1 is 1.20 bits per heavy atom. The van der Waals surface area contributed by atoms with Crippen LogP contribution in [0.15, 0.2) is 12.1 Å². The third-order valence-corrected chi connectivity index (χ3v) is 3.15. The van der Waals surface area contributed by atoms with Crippen molar-refractivity contribution in [1.82, 2.24) is 0 Å². The van der Waals surface area contributed by atoms with Crippen LogP contribution in [0.2, 0.25) is 0 Å². The lowest BCUT2D eigenvalue weighted by Gasteiger charge is -2.19. The minimum absolute atomic E-state index is 0.470. The van der Waals surface area contributed by atoms with E-state index in [-0.39, 0.29) is 0 Å². The lowest BCUT2D eigenvalue weighted by molar-refractivity contribution is 0.0301. The molecule has 0 radical (unpaired) electrons. The zero-order chi connectivity index (χ0) is 11.6. The summed E-state index contributed by atoms with van der Waals surface area (Å²) in [6.45, 7) is 5.49. The monoisotopic (exact) mass is 228 g/mol. The van der Waals surface area contributed by atoms with E-state index < -0.39 is 12.2 Å².